The van der Waals surface area contributed by atoms with Crippen molar-refractivity contribution in [1.82, 2.24) is 0 Å². The van der Waals surface area contributed by atoms with Crippen LogP contribution in [-0.4, -0.2) is 22.8 Å². The van der Waals surface area contributed by atoms with Crippen molar-refractivity contribution in [3.63, 3.8) is 0 Å². The number of rotatable bonds is 8. The minimum atomic E-state index is -0.994. The van der Waals surface area contributed by atoms with Crippen LogP contribution in [0.25, 0.3) is 0 Å². The van der Waals surface area contributed by atoms with E-state index in [2.05, 4.69) is 0 Å². The number of hydrogen-bond donors (Lipinski definition) is 2. The van der Waals surface area contributed by atoms with Crippen LogP contribution in [0.5, 0.6) is 5.75 Å². The topological polar surface area (TPSA) is 66.8 Å². The molecule has 0 spiro atoms. The van der Waals surface area contributed by atoms with Gasteiger partial charge >= 0.3 is 5.97 Å². The number of carboxylic acid groups (broad SMARTS) is 1. The van der Waals surface area contributed by atoms with Crippen LogP contribution < -0.4 is 0 Å². The molecule has 1 unspecified atom stereocenters. The minimum absolute atomic E-state index is 0.173. The van der Waals surface area contributed by atoms with Crippen LogP contribution >= 0.6 is 11.6 Å². The molecule has 0 bridgehead atoms. The van der Waals surface area contributed by atoms with Crippen LogP contribution in [0.15, 0.2) is 48.5 Å². The summed E-state index contributed by atoms with van der Waals surface area (Å²) in [4.78, 5) is 10.7. The van der Waals surface area contributed by atoms with Crippen LogP contribution in [0.3, 0.4) is 0 Å². The van der Waals surface area contributed by atoms with Crippen molar-refractivity contribution in [2.24, 2.45) is 0 Å². The zero-order valence-electron chi connectivity index (χ0n) is 12.6. The smallest absolute Gasteiger partial charge is 0.329 e. The van der Waals surface area contributed by atoms with Gasteiger partial charge in [0.2, 0.25) is 0 Å². The summed E-state index contributed by atoms with van der Waals surface area (Å²) in [7, 11) is 0. The van der Waals surface area contributed by atoms with Gasteiger partial charge in [-0.3, -0.25) is 0 Å². The molecule has 122 valence electrons. The van der Waals surface area contributed by atoms with E-state index in [9.17, 15) is 9.90 Å². The number of aliphatic carboxylic acids is 1. The van der Waals surface area contributed by atoms with Gasteiger partial charge in [-0.2, -0.15) is 0 Å². The van der Waals surface area contributed by atoms with Crippen molar-refractivity contribution in [1.29, 1.82) is 0 Å². The van der Waals surface area contributed by atoms with Crippen molar-refractivity contribution >= 4 is 17.6 Å². The van der Waals surface area contributed by atoms with Gasteiger partial charge in [-0.05, 0) is 54.7 Å². The molecule has 0 amide bonds. The van der Waals surface area contributed by atoms with Gasteiger partial charge in [0.25, 0.3) is 0 Å². The number of aryl methyl sites for hydroxylation is 1. The normalized spacial score (nSPS) is 12.0. The molecule has 0 fully saturated rings. The van der Waals surface area contributed by atoms with E-state index < -0.39 is 5.97 Å². The van der Waals surface area contributed by atoms with E-state index >= 15 is 0 Å². The number of benzene rings is 2. The van der Waals surface area contributed by atoms with Crippen molar-refractivity contribution in [2.45, 2.75) is 25.4 Å². The fourth-order valence-corrected chi connectivity index (χ4v) is 2.48. The van der Waals surface area contributed by atoms with Gasteiger partial charge in [0.05, 0.1) is 6.10 Å². The van der Waals surface area contributed by atoms with E-state index in [1.165, 1.54) is 5.56 Å². The van der Waals surface area contributed by atoms with Gasteiger partial charge in [0.15, 0.2) is 0 Å². The second-order valence-electron chi connectivity index (χ2n) is 5.30. The van der Waals surface area contributed by atoms with E-state index in [-0.39, 0.29) is 18.5 Å². The third-order valence-electron chi connectivity index (χ3n) is 3.52. The monoisotopic (exact) mass is 334 g/mol. The third-order valence-corrected chi connectivity index (χ3v) is 3.77. The quantitative estimate of drug-likeness (QED) is 0.758. The molecule has 23 heavy (non-hydrogen) atoms. The lowest BCUT2D eigenvalue weighted by Crippen LogP contribution is -2.12. The van der Waals surface area contributed by atoms with Crippen LogP contribution in [0.2, 0.25) is 5.02 Å². The Balaban J connectivity index is 1.95. The Kier molecular flexibility index (Phi) is 6.44. The first-order valence-electron chi connectivity index (χ1n) is 7.41. The molecular formula is C18H19ClO4. The summed E-state index contributed by atoms with van der Waals surface area (Å²) < 4.78 is 5.48. The molecule has 0 aliphatic rings. The highest BCUT2D eigenvalue weighted by molar-refractivity contribution is 6.30. The molecule has 0 saturated heterocycles. The standard InChI is InChI=1S/C18H19ClO4/c19-15-8-4-13(5-9-15)2-1-3-17(23-12-18(21)22)14-6-10-16(20)11-7-14/h4-11,17,20H,1-3,12H2,(H,21,22). The predicted octanol–water partition coefficient (Wildman–Crippen LogP) is 4.21. The fourth-order valence-electron chi connectivity index (χ4n) is 2.35. The molecule has 1 atom stereocenters. The number of hydrogen-bond acceptors (Lipinski definition) is 3. The maximum Gasteiger partial charge on any atom is 0.329 e. The lowest BCUT2D eigenvalue weighted by Gasteiger charge is -2.17. The summed E-state index contributed by atoms with van der Waals surface area (Å²) in [6.07, 6.45) is 2.11. The van der Waals surface area contributed by atoms with E-state index in [0.717, 1.165) is 18.4 Å². The molecule has 2 aromatic carbocycles. The maximum absolute atomic E-state index is 10.7. The zero-order valence-corrected chi connectivity index (χ0v) is 13.4. The van der Waals surface area contributed by atoms with Gasteiger partial charge in [-0.1, -0.05) is 35.9 Å². The van der Waals surface area contributed by atoms with Crippen LogP contribution in [0, 0.1) is 0 Å². The number of aromatic hydroxyl groups is 1. The zero-order chi connectivity index (χ0) is 16.7. The third kappa shape index (κ3) is 5.93. The van der Waals surface area contributed by atoms with Gasteiger partial charge in [0.1, 0.15) is 12.4 Å². The van der Waals surface area contributed by atoms with Gasteiger partial charge in [-0.25, -0.2) is 4.79 Å². The molecular weight excluding hydrogens is 316 g/mol. The first-order chi connectivity index (χ1) is 11.0. The maximum atomic E-state index is 10.7. The number of halogens is 1. The van der Waals surface area contributed by atoms with Crippen molar-refractivity contribution < 1.29 is 19.7 Å². The molecule has 0 saturated carbocycles. The predicted molar refractivity (Wildman–Crippen MR) is 88.8 cm³/mol. The number of ether oxygens (including phenoxy) is 1. The molecule has 5 heteroatoms. The lowest BCUT2D eigenvalue weighted by molar-refractivity contribution is -0.144. The average Bonchev–Trinajstić information content (AvgIpc) is 2.53. The fraction of sp³-hybridized carbons (Fsp3) is 0.278. The molecule has 2 rings (SSSR count). The molecule has 2 N–H and O–H groups in total. The highest BCUT2D eigenvalue weighted by atomic mass is 35.5. The van der Waals surface area contributed by atoms with E-state index in [1.807, 2.05) is 24.3 Å². The SMILES string of the molecule is O=C(O)COC(CCCc1ccc(Cl)cc1)c1ccc(O)cc1. The molecule has 0 radical (unpaired) electrons. The Bertz CT molecular complexity index is 622. The van der Waals surface area contributed by atoms with E-state index in [4.69, 9.17) is 21.4 Å². The summed E-state index contributed by atoms with van der Waals surface area (Å²) in [5.41, 5.74) is 2.04. The van der Waals surface area contributed by atoms with Crippen LogP contribution in [0.1, 0.15) is 30.1 Å². The lowest BCUT2D eigenvalue weighted by atomic mass is 10.0. The van der Waals surface area contributed by atoms with E-state index in [1.54, 1.807) is 24.3 Å². The second kappa shape index (κ2) is 8.56. The highest BCUT2D eigenvalue weighted by Gasteiger charge is 2.14. The first kappa shape index (κ1) is 17.3. The Hall–Kier alpha value is -2.04. The molecule has 4 nitrogen and oxygen atoms in total. The Labute approximate surface area is 140 Å². The van der Waals surface area contributed by atoms with Gasteiger partial charge < -0.3 is 14.9 Å². The molecule has 0 heterocycles. The largest absolute Gasteiger partial charge is 0.508 e. The second-order valence-corrected chi connectivity index (χ2v) is 5.74. The Morgan fingerprint density at radius 1 is 1.09 bits per heavy atom. The Morgan fingerprint density at radius 3 is 2.35 bits per heavy atom. The first-order valence-corrected chi connectivity index (χ1v) is 7.79. The van der Waals surface area contributed by atoms with Gasteiger partial charge in [0, 0.05) is 5.02 Å². The van der Waals surface area contributed by atoms with Crippen molar-refractivity contribution in [3.05, 3.63) is 64.7 Å². The van der Waals surface area contributed by atoms with E-state index in [0.29, 0.717) is 11.4 Å². The number of phenolic OH excluding ortho intramolecular Hbond substituents is 1. The molecule has 0 aliphatic heterocycles. The molecule has 0 aromatic heterocycles. The average molecular weight is 335 g/mol. The summed E-state index contributed by atoms with van der Waals surface area (Å²) in [5.74, 6) is -0.821. The number of phenols is 1. The van der Waals surface area contributed by atoms with Crippen molar-refractivity contribution in [2.75, 3.05) is 6.61 Å². The summed E-state index contributed by atoms with van der Waals surface area (Å²) >= 11 is 5.86. The Morgan fingerprint density at radius 2 is 1.74 bits per heavy atom. The van der Waals surface area contributed by atoms with Gasteiger partial charge in [-0.15, -0.1) is 0 Å². The van der Waals surface area contributed by atoms with Crippen LogP contribution in [0.4, 0.5) is 0 Å². The number of carbonyl (C=O) groups is 1. The summed E-state index contributed by atoms with van der Waals surface area (Å²) in [5, 5.41) is 18.9. The number of carboxylic acids is 1. The highest BCUT2D eigenvalue weighted by Crippen LogP contribution is 2.25. The molecule has 2 aromatic rings. The van der Waals surface area contributed by atoms with Crippen LogP contribution in [-0.2, 0) is 16.0 Å². The molecule has 0 aliphatic carbocycles. The summed E-state index contributed by atoms with van der Waals surface area (Å²) in [6, 6.07) is 14.3. The minimum Gasteiger partial charge on any atom is -0.508 e. The summed E-state index contributed by atoms with van der Waals surface area (Å²) in [6.45, 7) is -0.341. The van der Waals surface area contributed by atoms with Crippen molar-refractivity contribution in [3.8, 4) is 5.75 Å².